The van der Waals surface area contributed by atoms with Gasteiger partial charge in [0.15, 0.2) is 0 Å². The van der Waals surface area contributed by atoms with Crippen molar-refractivity contribution in [1.29, 1.82) is 0 Å². The first-order valence-electron chi connectivity index (χ1n) is 5.82. The van der Waals surface area contributed by atoms with Crippen LogP contribution in [0.2, 0.25) is 0 Å². The number of rotatable bonds is 3. The van der Waals surface area contributed by atoms with Gasteiger partial charge < -0.3 is 12.8 Å². The normalized spacial score (nSPS) is 13.2. The van der Waals surface area contributed by atoms with Crippen LogP contribution in [-0.4, -0.2) is 32.0 Å². The Morgan fingerprint density at radius 2 is 0.824 bits per heavy atom. The third kappa shape index (κ3) is 15.0. The minimum Gasteiger partial charge on any atom is -1.00 e. The summed E-state index contributed by atoms with van der Waals surface area (Å²) in [6.45, 7) is 18.2. The Bertz CT molecular complexity index is 184. The molecule has 0 heterocycles. The summed E-state index contributed by atoms with van der Waals surface area (Å²) in [5.41, 5.74) is -0.686. The van der Waals surface area contributed by atoms with Gasteiger partial charge in [-0.1, -0.05) is 0 Å². The van der Waals surface area contributed by atoms with Crippen LogP contribution in [0, 0.1) is 0 Å². The molecule has 0 bridgehead atoms. The number of hydrogen-bond acceptors (Lipinski definition) is 3. The summed E-state index contributed by atoms with van der Waals surface area (Å²) >= 11 is -2.11. The fourth-order valence-corrected chi connectivity index (χ4v) is 2.81. The molecule has 0 atom stereocenters. The monoisotopic (exact) mass is 256 g/mol. The Kier molecular flexibility index (Phi) is 8.34. The molecule has 0 spiro atoms. The first-order valence-corrected chi connectivity index (χ1v) is 7.23. The molecule has 0 amide bonds. The van der Waals surface area contributed by atoms with E-state index >= 15 is 0 Å². The first-order chi connectivity index (χ1) is 6.79. The van der Waals surface area contributed by atoms with Crippen LogP contribution < -0.4 is 18.9 Å². The Morgan fingerprint density at radius 3 is 0.941 bits per heavy atom. The molecule has 0 fully saturated rings. The van der Waals surface area contributed by atoms with Gasteiger partial charge in [0.1, 0.15) is 0 Å². The fourth-order valence-electron chi connectivity index (χ4n) is 0.938. The number of hydrogen-bond donors (Lipinski definition) is 0. The molecular formula is C12H30AlLiO3. The Labute approximate surface area is 127 Å². The second-order valence-electron chi connectivity index (χ2n) is 6.98. The molecule has 0 aromatic heterocycles. The van der Waals surface area contributed by atoms with Crippen molar-refractivity contribution in [2.75, 3.05) is 0 Å². The van der Waals surface area contributed by atoms with E-state index < -0.39 is 15.1 Å². The Hall–Kier alpha value is 1.01. The summed E-state index contributed by atoms with van der Waals surface area (Å²) in [7, 11) is 0. The average molecular weight is 256 g/mol. The fraction of sp³-hybridized carbons (Fsp3) is 1.00. The summed E-state index contributed by atoms with van der Waals surface area (Å²) in [5, 5.41) is 0. The molecule has 0 aliphatic heterocycles. The predicted molar refractivity (Wildman–Crippen MR) is 71.5 cm³/mol. The van der Waals surface area contributed by atoms with Crippen molar-refractivity contribution in [1.82, 2.24) is 0 Å². The molecule has 100 valence electrons. The Balaban J connectivity index is -0.000000375. The third-order valence-electron chi connectivity index (χ3n) is 1.35. The maximum atomic E-state index is 5.88. The van der Waals surface area contributed by atoms with Gasteiger partial charge in [0, 0.05) is 18.2 Å². The molecule has 0 aliphatic carbocycles. The van der Waals surface area contributed by atoms with Crippen LogP contribution in [0.15, 0.2) is 0 Å². The molecule has 0 rings (SSSR count). The Morgan fingerprint density at radius 1 is 0.647 bits per heavy atom. The molecule has 0 saturated carbocycles. The van der Waals surface area contributed by atoms with Crippen molar-refractivity contribution in [3.63, 3.8) is 0 Å². The zero-order valence-electron chi connectivity index (χ0n) is 14.3. The van der Waals surface area contributed by atoms with Gasteiger partial charge in [-0.25, -0.2) is 0 Å². The molecule has 3 nitrogen and oxygen atoms in total. The van der Waals surface area contributed by atoms with Crippen LogP contribution >= 0.6 is 0 Å². The van der Waals surface area contributed by atoms with Gasteiger partial charge in [0.25, 0.3) is 0 Å². The second-order valence-corrected chi connectivity index (χ2v) is 8.26. The molecular weight excluding hydrogens is 226 g/mol. The molecule has 0 aliphatic rings. The topological polar surface area (TPSA) is 27.7 Å². The van der Waals surface area contributed by atoms with Crippen molar-refractivity contribution in [3.05, 3.63) is 0 Å². The van der Waals surface area contributed by atoms with Crippen LogP contribution in [0.5, 0.6) is 0 Å². The van der Waals surface area contributed by atoms with E-state index in [2.05, 4.69) is 0 Å². The summed E-state index contributed by atoms with van der Waals surface area (Å²) in [6, 6.07) is 0. The minimum absolute atomic E-state index is 0. The van der Waals surface area contributed by atoms with E-state index in [1.165, 1.54) is 0 Å². The van der Waals surface area contributed by atoms with E-state index in [1.54, 1.807) is 0 Å². The van der Waals surface area contributed by atoms with Gasteiger partial charge in [-0.15, -0.1) is 0 Å². The standard InChI is InChI=1S/3C4H9O.Al.Li.H2.H/c3*1-4(2,3)5;;;;/h3*1-3H3;;;1H;/q3*-1;+3;+1;;-1. The maximum Gasteiger partial charge on any atom is 1.00 e. The summed E-state index contributed by atoms with van der Waals surface area (Å²) in [5.74, 6) is 0. The van der Waals surface area contributed by atoms with Gasteiger partial charge in [-0.05, 0) is 62.3 Å². The van der Waals surface area contributed by atoms with Gasteiger partial charge in [-0.3, -0.25) is 0 Å². The quantitative estimate of drug-likeness (QED) is 0.698. The molecule has 17 heavy (non-hydrogen) atoms. The van der Waals surface area contributed by atoms with Crippen molar-refractivity contribution < 1.29 is 33.1 Å². The van der Waals surface area contributed by atoms with Gasteiger partial charge in [0.05, 0.1) is 0 Å². The summed E-state index contributed by atoms with van der Waals surface area (Å²) in [6.07, 6.45) is 0. The van der Waals surface area contributed by atoms with Gasteiger partial charge >= 0.3 is 34.0 Å². The van der Waals surface area contributed by atoms with E-state index in [1.807, 2.05) is 62.3 Å². The van der Waals surface area contributed by atoms with Crippen molar-refractivity contribution in [2.24, 2.45) is 0 Å². The molecule has 0 unspecified atom stereocenters. The van der Waals surface area contributed by atoms with Gasteiger partial charge in [-0.2, -0.15) is 0 Å². The molecule has 5 heteroatoms. The zero-order chi connectivity index (χ0) is 13.2. The second kappa shape index (κ2) is 6.97. The molecule has 0 radical (unpaired) electrons. The first kappa shape index (κ1) is 20.3. The van der Waals surface area contributed by atoms with E-state index in [9.17, 15) is 0 Å². The largest absolute Gasteiger partial charge is 1.00 e. The summed E-state index contributed by atoms with van der Waals surface area (Å²) < 4.78 is 17.7. The molecule has 0 aromatic rings. The maximum absolute atomic E-state index is 5.88. The van der Waals surface area contributed by atoms with Gasteiger partial charge in [0.2, 0.25) is 0 Å². The predicted octanol–water partition coefficient (Wildman–Crippen LogP) is 0.779. The van der Waals surface area contributed by atoms with E-state index in [0.717, 1.165) is 0 Å². The molecule has 0 aromatic carbocycles. The average Bonchev–Trinajstić information content (AvgIpc) is 1.70. The summed E-state index contributed by atoms with van der Waals surface area (Å²) in [4.78, 5) is 0. The van der Waals surface area contributed by atoms with Crippen molar-refractivity contribution >= 4 is 15.1 Å². The van der Waals surface area contributed by atoms with Crippen LogP contribution in [0.1, 0.15) is 65.2 Å². The van der Waals surface area contributed by atoms with Crippen LogP contribution in [0.3, 0.4) is 0 Å². The van der Waals surface area contributed by atoms with Crippen LogP contribution in [0.25, 0.3) is 0 Å². The zero-order valence-corrected chi connectivity index (χ0v) is 14.5. The van der Waals surface area contributed by atoms with Crippen molar-refractivity contribution in [2.45, 2.75) is 79.1 Å². The van der Waals surface area contributed by atoms with Crippen LogP contribution in [-0.2, 0) is 11.4 Å². The smallest absolute Gasteiger partial charge is 1.00 e. The molecule has 0 saturated heterocycles. The minimum atomic E-state index is -2.11. The molecule has 0 N–H and O–H groups in total. The van der Waals surface area contributed by atoms with Crippen LogP contribution in [0.4, 0.5) is 0 Å². The SMILES string of the molecule is CC(C)(C)[O][Al]([O]C(C)(C)C)[O]C(C)(C)C.[H-].[HH].[Li+]. The van der Waals surface area contributed by atoms with E-state index in [0.29, 0.717) is 0 Å². The van der Waals surface area contributed by atoms with E-state index in [-0.39, 0.29) is 38.5 Å². The van der Waals surface area contributed by atoms with E-state index in [4.69, 9.17) is 11.4 Å². The third-order valence-corrected chi connectivity index (χ3v) is 4.05. The van der Waals surface area contributed by atoms with Crippen molar-refractivity contribution in [3.8, 4) is 0 Å².